The lowest BCUT2D eigenvalue weighted by Gasteiger charge is -2.29. The first-order chi connectivity index (χ1) is 13.3. The second-order valence-corrected chi connectivity index (χ2v) is 6.24. The van der Waals surface area contributed by atoms with Gasteiger partial charge in [-0.3, -0.25) is 24.1 Å². The van der Waals surface area contributed by atoms with Crippen molar-refractivity contribution in [1.82, 2.24) is 15.1 Å². The number of amides is 3. The standard InChI is InChI=1S/C19H17FN4O4/c1-11(25)23(2)14-7-8-24-15(9-14)22-16(17(26)19(24)28)18(27)21-10-12-3-5-13(20)6-4-12/h3-9,16H,10H2,1-2H3,(H,21,27). The lowest BCUT2D eigenvalue weighted by molar-refractivity contribution is -0.144. The molecule has 9 heteroatoms. The number of ketones is 1. The van der Waals surface area contributed by atoms with E-state index >= 15 is 0 Å². The molecule has 2 aliphatic heterocycles. The summed E-state index contributed by atoms with van der Waals surface area (Å²) in [5.74, 6) is -3.11. The molecule has 0 aromatic heterocycles. The fraction of sp³-hybridized carbons (Fsp3) is 0.211. The molecule has 1 atom stereocenters. The summed E-state index contributed by atoms with van der Waals surface area (Å²) in [6, 6.07) is 3.97. The molecule has 0 radical (unpaired) electrons. The molecule has 28 heavy (non-hydrogen) atoms. The Hall–Kier alpha value is -3.62. The van der Waals surface area contributed by atoms with Gasteiger partial charge in [-0.25, -0.2) is 9.38 Å². The van der Waals surface area contributed by atoms with Crippen LogP contribution in [0.2, 0.25) is 0 Å². The van der Waals surface area contributed by atoms with E-state index in [1.807, 2.05) is 0 Å². The number of rotatable bonds is 4. The zero-order valence-electron chi connectivity index (χ0n) is 15.2. The molecule has 0 bridgehead atoms. The highest BCUT2D eigenvalue weighted by molar-refractivity contribution is 6.47. The summed E-state index contributed by atoms with van der Waals surface area (Å²) in [7, 11) is 1.55. The molecule has 0 saturated heterocycles. The predicted octanol–water partition coefficient (Wildman–Crippen LogP) is 0.510. The molecule has 1 aromatic rings. The summed E-state index contributed by atoms with van der Waals surface area (Å²) in [5.41, 5.74) is 1.10. The summed E-state index contributed by atoms with van der Waals surface area (Å²) in [4.78, 5) is 55.0. The number of nitrogens with one attached hydrogen (secondary N) is 1. The number of fused-ring (bicyclic) bond motifs is 1. The van der Waals surface area contributed by atoms with Gasteiger partial charge in [-0.1, -0.05) is 12.1 Å². The third-order valence-electron chi connectivity index (χ3n) is 4.35. The molecule has 0 fully saturated rings. The van der Waals surface area contributed by atoms with Gasteiger partial charge in [0.15, 0.2) is 6.04 Å². The number of likely N-dealkylation sites (N-methyl/N-ethyl adjacent to an activating group) is 1. The van der Waals surface area contributed by atoms with Crippen LogP contribution in [0.1, 0.15) is 12.5 Å². The zero-order chi connectivity index (χ0) is 20.4. The summed E-state index contributed by atoms with van der Waals surface area (Å²) in [6.07, 6.45) is 4.28. The van der Waals surface area contributed by atoms with E-state index in [1.54, 1.807) is 7.05 Å². The second-order valence-electron chi connectivity index (χ2n) is 6.24. The molecule has 1 N–H and O–H groups in total. The highest BCUT2D eigenvalue weighted by atomic mass is 19.1. The molecule has 3 amide bonds. The Morgan fingerprint density at radius 2 is 1.93 bits per heavy atom. The number of benzene rings is 1. The maximum atomic E-state index is 12.9. The van der Waals surface area contributed by atoms with Crippen molar-refractivity contribution in [1.29, 1.82) is 0 Å². The van der Waals surface area contributed by atoms with E-state index in [9.17, 15) is 23.6 Å². The lowest BCUT2D eigenvalue weighted by Crippen LogP contribution is -2.52. The fourth-order valence-corrected chi connectivity index (χ4v) is 2.63. The minimum atomic E-state index is -1.52. The maximum Gasteiger partial charge on any atom is 0.302 e. The summed E-state index contributed by atoms with van der Waals surface area (Å²) < 4.78 is 12.9. The van der Waals surface area contributed by atoms with Gasteiger partial charge in [0, 0.05) is 38.5 Å². The number of carbonyl (C=O) groups excluding carboxylic acids is 4. The lowest BCUT2D eigenvalue weighted by atomic mass is 10.1. The summed E-state index contributed by atoms with van der Waals surface area (Å²) in [5, 5.41) is 2.52. The highest BCUT2D eigenvalue weighted by Gasteiger charge is 2.40. The number of allylic oxidation sites excluding steroid dienone is 1. The molecule has 1 aromatic carbocycles. The van der Waals surface area contributed by atoms with Crippen molar-refractivity contribution < 1.29 is 23.6 Å². The van der Waals surface area contributed by atoms with E-state index in [2.05, 4.69) is 10.3 Å². The first-order valence-corrected chi connectivity index (χ1v) is 8.39. The SMILES string of the molecule is CC(=O)N(C)C1=CC2=NC(C(=O)NCc3ccc(F)cc3)C(=O)C(=O)N2C=C1. The van der Waals surface area contributed by atoms with Crippen LogP contribution in [0.25, 0.3) is 0 Å². The number of carbonyl (C=O) groups is 4. The number of hydrogen-bond acceptors (Lipinski definition) is 5. The van der Waals surface area contributed by atoms with Crippen molar-refractivity contribution in [2.24, 2.45) is 4.99 Å². The monoisotopic (exact) mass is 384 g/mol. The van der Waals surface area contributed by atoms with E-state index in [4.69, 9.17) is 0 Å². The highest BCUT2D eigenvalue weighted by Crippen LogP contribution is 2.18. The Morgan fingerprint density at radius 3 is 2.57 bits per heavy atom. The minimum absolute atomic E-state index is 0.0553. The van der Waals surface area contributed by atoms with Gasteiger partial charge in [0.2, 0.25) is 5.91 Å². The smallest absolute Gasteiger partial charge is 0.302 e. The number of nitrogens with zero attached hydrogens (tertiary/aromatic N) is 3. The van der Waals surface area contributed by atoms with Gasteiger partial charge in [-0.15, -0.1) is 0 Å². The Bertz CT molecular complexity index is 949. The fourth-order valence-electron chi connectivity index (χ4n) is 2.63. The molecular formula is C19H17FN4O4. The molecule has 0 saturated carbocycles. The van der Waals surface area contributed by atoms with Gasteiger partial charge < -0.3 is 10.2 Å². The van der Waals surface area contributed by atoms with Crippen molar-refractivity contribution in [3.05, 3.63) is 59.7 Å². The van der Waals surface area contributed by atoms with E-state index in [-0.39, 0.29) is 18.3 Å². The predicted molar refractivity (Wildman–Crippen MR) is 97.0 cm³/mol. The van der Waals surface area contributed by atoms with Crippen LogP contribution < -0.4 is 5.32 Å². The van der Waals surface area contributed by atoms with E-state index in [0.29, 0.717) is 11.3 Å². The maximum absolute atomic E-state index is 12.9. The van der Waals surface area contributed by atoms with E-state index in [0.717, 1.165) is 4.90 Å². The zero-order valence-corrected chi connectivity index (χ0v) is 15.2. The third-order valence-corrected chi connectivity index (χ3v) is 4.35. The number of hydrogen-bond donors (Lipinski definition) is 1. The molecule has 0 spiro atoms. The Kier molecular flexibility index (Phi) is 5.16. The van der Waals surface area contributed by atoms with Crippen LogP contribution in [0.15, 0.2) is 53.3 Å². The topological polar surface area (TPSA) is 99.1 Å². The van der Waals surface area contributed by atoms with Crippen LogP contribution in [-0.2, 0) is 25.7 Å². The van der Waals surface area contributed by atoms with Crippen molar-refractivity contribution in [3.63, 3.8) is 0 Å². The molecule has 2 heterocycles. The van der Waals surface area contributed by atoms with Gasteiger partial charge in [-0.2, -0.15) is 0 Å². The molecule has 3 rings (SSSR count). The average molecular weight is 384 g/mol. The Morgan fingerprint density at radius 1 is 1.25 bits per heavy atom. The quantitative estimate of drug-likeness (QED) is 0.604. The van der Waals surface area contributed by atoms with Crippen LogP contribution in [0.4, 0.5) is 4.39 Å². The summed E-state index contributed by atoms with van der Waals surface area (Å²) >= 11 is 0. The Balaban J connectivity index is 1.80. The van der Waals surface area contributed by atoms with E-state index in [1.165, 1.54) is 54.4 Å². The molecule has 1 unspecified atom stereocenters. The number of aliphatic imine (C=N–C) groups is 1. The number of Topliss-reactive ketones (excluding diaryl/α,β-unsaturated/α-hetero) is 1. The molecule has 0 aliphatic carbocycles. The average Bonchev–Trinajstić information content (AvgIpc) is 2.69. The largest absolute Gasteiger partial charge is 0.350 e. The first kappa shape index (κ1) is 19.2. The molecule has 144 valence electrons. The van der Waals surface area contributed by atoms with Crippen LogP contribution in [0.3, 0.4) is 0 Å². The number of amidine groups is 1. The molecule has 2 aliphatic rings. The van der Waals surface area contributed by atoms with Crippen molar-refractivity contribution >= 4 is 29.3 Å². The van der Waals surface area contributed by atoms with Gasteiger partial charge >= 0.3 is 5.91 Å². The van der Waals surface area contributed by atoms with Crippen LogP contribution >= 0.6 is 0 Å². The molecule has 8 nitrogen and oxygen atoms in total. The Labute approximate surface area is 160 Å². The van der Waals surface area contributed by atoms with Crippen molar-refractivity contribution in [2.75, 3.05) is 7.05 Å². The van der Waals surface area contributed by atoms with Crippen molar-refractivity contribution in [2.45, 2.75) is 19.5 Å². The van der Waals surface area contributed by atoms with Crippen LogP contribution in [0, 0.1) is 5.82 Å². The summed E-state index contributed by atoms with van der Waals surface area (Å²) in [6.45, 7) is 1.43. The van der Waals surface area contributed by atoms with Crippen LogP contribution in [-0.4, -0.2) is 52.2 Å². The van der Waals surface area contributed by atoms with Crippen molar-refractivity contribution in [3.8, 4) is 0 Å². The van der Waals surface area contributed by atoms with Gasteiger partial charge in [0.05, 0.1) is 0 Å². The first-order valence-electron chi connectivity index (χ1n) is 8.39. The molecular weight excluding hydrogens is 367 g/mol. The van der Waals surface area contributed by atoms with Gasteiger partial charge in [0.1, 0.15) is 11.7 Å². The minimum Gasteiger partial charge on any atom is -0.350 e. The third kappa shape index (κ3) is 3.73. The second kappa shape index (κ2) is 7.55. The number of halogens is 1. The van der Waals surface area contributed by atoms with Gasteiger partial charge in [0.25, 0.3) is 11.7 Å². The van der Waals surface area contributed by atoms with Crippen LogP contribution in [0.5, 0.6) is 0 Å². The van der Waals surface area contributed by atoms with Gasteiger partial charge in [-0.05, 0) is 23.8 Å². The van der Waals surface area contributed by atoms with E-state index < -0.39 is 29.5 Å². The normalized spacial score (nSPS) is 18.2.